The number of carbonyl (C=O) groups is 3. The lowest BCUT2D eigenvalue weighted by Gasteiger charge is -2.09. The van der Waals surface area contributed by atoms with Gasteiger partial charge in [-0.2, -0.15) is 0 Å². The molecule has 0 saturated carbocycles. The Kier molecular flexibility index (Phi) is 8.20. The van der Waals surface area contributed by atoms with Gasteiger partial charge >= 0.3 is 5.97 Å². The predicted molar refractivity (Wildman–Crippen MR) is 125 cm³/mol. The summed E-state index contributed by atoms with van der Waals surface area (Å²) in [5.41, 5.74) is 2.44. The molecule has 33 heavy (non-hydrogen) atoms. The number of hydrogen-bond donors (Lipinski definition) is 2. The average Bonchev–Trinajstić information content (AvgIpc) is 3.22. The summed E-state index contributed by atoms with van der Waals surface area (Å²) >= 11 is 1.24. The number of amides is 2. The van der Waals surface area contributed by atoms with Crippen molar-refractivity contribution in [3.63, 3.8) is 0 Å². The van der Waals surface area contributed by atoms with Crippen molar-refractivity contribution in [3.8, 4) is 0 Å². The van der Waals surface area contributed by atoms with Crippen molar-refractivity contribution in [2.75, 3.05) is 18.2 Å². The van der Waals surface area contributed by atoms with Gasteiger partial charge < -0.3 is 19.9 Å². The third kappa shape index (κ3) is 6.42. The predicted octanol–water partition coefficient (Wildman–Crippen LogP) is 3.05. The number of thioether (sulfide) groups is 1. The molecule has 1 aromatic heterocycles. The molecule has 0 bridgehead atoms. The van der Waals surface area contributed by atoms with E-state index in [2.05, 4.69) is 20.8 Å². The molecule has 0 aliphatic heterocycles. The maximum atomic E-state index is 12.4. The number of ether oxygens (including phenoxy) is 1. The van der Waals surface area contributed by atoms with Crippen LogP contribution in [0.4, 0.5) is 5.69 Å². The number of carbonyl (C=O) groups excluding carboxylic acids is 3. The Balaban J connectivity index is 1.57. The molecule has 3 rings (SSSR count). The van der Waals surface area contributed by atoms with Gasteiger partial charge in [-0.25, -0.2) is 4.79 Å². The van der Waals surface area contributed by atoms with Gasteiger partial charge in [0.15, 0.2) is 11.0 Å². The summed E-state index contributed by atoms with van der Waals surface area (Å²) in [6.45, 7) is 4.69. The van der Waals surface area contributed by atoms with Crippen LogP contribution >= 0.6 is 11.8 Å². The molecule has 2 N–H and O–H groups in total. The zero-order valence-electron chi connectivity index (χ0n) is 18.6. The number of benzene rings is 2. The van der Waals surface area contributed by atoms with E-state index in [9.17, 15) is 14.4 Å². The molecule has 2 amide bonds. The first-order valence-electron chi connectivity index (χ1n) is 10.3. The number of aromatic nitrogens is 3. The van der Waals surface area contributed by atoms with Gasteiger partial charge in [-0.1, -0.05) is 35.5 Å². The first-order valence-corrected chi connectivity index (χ1v) is 11.3. The normalized spacial score (nSPS) is 10.5. The summed E-state index contributed by atoms with van der Waals surface area (Å²) in [6.07, 6.45) is 0. The number of anilines is 1. The van der Waals surface area contributed by atoms with Crippen molar-refractivity contribution in [1.29, 1.82) is 0 Å². The molecule has 1 heterocycles. The molecule has 0 atom stereocenters. The van der Waals surface area contributed by atoms with Gasteiger partial charge in [-0.15, -0.1) is 10.2 Å². The van der Waals surface area contributed by atoms with E-state index >= 15 is 0 Å². The molecule has 10 heteroatoms. The van der Waals surface area contributed by atoms with E-state index in [1.54, 1.807) is 30.3 Å². The van der Waals surface area contributed by atoms with Crippen LogP contribution in [0.5, 0.6) is 0 Å². The molecule has 9 nitrogen and oxygen atoms in total. The first kappa shape index (κ1) is 24.0. The smallest absolute Gasteiger partial charge is 0.337 e. The Hall–Kier alpha value is -3.66. The zero-order chi connectivity index (χ0) is 23.8. The third-order valence-corrected chi connectivity index (χ3v) is 5.66. The number of rotatable bonds is 9. The van der Waals surface area contributed by atoms with E-state index in [0.717, 1.165) is 5.56 Å². The lowest BCUT2D eigenvalue weighted by molar-refractivity contribution is -0.113. The minimum absolute atomic E-state index is 0.107. The summed E-state index contributed by atoms with van der Waals surface area (Å²) in [4.78, 5) is 36.4. The van der Waals surface area contributed by atoms with Crippen LogP contribution in [0.2, 0.25) is 0 Å². The highest BCUT2D eigenvalue weighted by Gasteiger charge is 2.15. The number of nitrogens with zero attached hydrogens (tertiary/aromatic N) is 3. The van der Waals surface area contributed by atoms with Crippen LogP contribution in [0.25, 0.3) is 0 Å². The summed E-state index contributed by atoms with van der Waals surface area (Å²) in [6, 6.07) is 13.9. The molecule has 3 aromatic rings. The van der Waals surface area contributed by atoms with Crippen LogP contribution in [-0.4, -0.2) is 45.4 Å². The molecular formula is C23H25N5O4S. The Morgan fingerprint density at radius 3 is 2.55 bits per heavy atom. The molecule has 0 unspecified atom stereocenters. The highest BCUT2D eigenvalue weighted by molar-refractivity contribution is 7.99. The van der Waals surface area contributed by atoms with Crippen LogP contribution < -0.4 is 10.6 Å². The van der Waals surface area contributed by atoms with Crippen molar-refractivity contribution in [2.24, 2.45) is 0 Å². The van der Waals surface area contributed by atoms with Crippen LogP contribution in [-0.2, 0) is 22.6 Å². The molecule has 0 fully saturated rings. The van der Waals surface area contributed by atoms with Gasteiger partial charge in [0.2, 0.25) is 5.91 Å². The summed E-state index contributed by atoms with van der Waals surface area (Å²) in [5.74, 6) is -0.198. The van der Waals surface area contributed by atoms with Gasteiger partial charge in [0.05, 0.1) is 25.0 Å². The summed E-state index contributed by atoms with van der Waals surface area (Å²) in [5, 5.41) is 14.5. The van der Waals surface area contributed by atoms with Crippen molar-refractivity contribution >= 4 is 35.2 Å². The SMILES string of the molecule is CCn1c(CNC(=O)c2cccc(C)c2)nnc1SCC(=O)Nc1cccc(C(=O)OC)c1. The lowest BCUT2D eigenvalue weighted by atomic mass is 10.1. The van der Waals surface area contributed by atoms with Crippen LogP contribution in [0.1, 0.15) is 39.0 Å². The zero-order valence-corrected chi connectivity index (χ0v) is 19.4. The van der Waals surface area contributed by atoms with E-state index in [0.29, 0.717) is 34.3 Å². The number of aryl methyl sites for hydroxylation is 1. The third-order valence-electron chi connectivity index (χ3n) is 4.70. The van der Waals surface area contributed by atoms with Crippen molar-refractivity contribution in [2.45, 2.75) is 32.1 Å². The fraction of sp³-hybridized carbons (Fsp3) is 0.261. The van der Waals surface area contributed by atoms with E-state index in [-0.39, 0.29) is 24.1 Å². The molecule has 0 aliphatic carbocycles. The highest BCUT2D eigenvalue weighted by Crippen LogP contribution is 2.18. The average molecular weight is 468 g/mol. The maximum absolute atomic E-state index is 12.4. The second-order valence-electron chi connectivity index (χ2n) is 7.10. The van der Waals surface area contributed by atoms with Crippen LogP contribution in [0, 0.1) is 6.92 Å². The van der Waals surface area contributed by atoms with E-state index in [1.807, 2.05) is 36.6 Å². The van der Waals surface area contributed by atoms with Crippen LogP contribution in [0.3, 0.4) is 0 Å². The topological polar surface area (TPSA) is 115 Å². The van der Waals surface area contributed by atoms with Gasteiger partial charge in [-0.3, -0.25) is 9.59 Å². The molecule has 0 radical (unpaired) electrons. The minimum Gasteiger partial charge on any atom is -0.465 e. The standard InChI is InChI=1S/C23H25N5O4S/c1-4-28-19(13-24-21(30)16-8-5-7-15(2)11-16)26-27-23(28)33-14-20(29)25-18-10-6-9-17(12-18)22(31)32-3/h5-12H,4,13-14H2,1-3H3,(H,24,30)(H,25,29). The van der Waals surface area contributed by atoms with Gasteiger partial charge in [0, 0.05) is 17.8 Å². The molecule has 0 saturated heterocycles. The largest absolute Gasteiger partial charge is 0.465 e. The number of esters is 1. The number of hydrogen-bond acceptors (Lipinski definition) is 7. The second-order valence-corrected chi connectivity index (χ2v) is 8.05. The molecule has 0 spiro atoms. The van der Waals surface area contributed by atoms with Crippen molar-refractivity contribution in [1.82, 2.24) is 20.1 Å². The lowest BCUT2D eigenvalue weighted by Crippen LogP contribution is -2.25. The Morgan fingerprint density at radius 1 is 1.06 bits per heavy atom. The van der Waals surface area contributed by atoms with Gasteiger partial charge in [0.1, 0.15) is 0 Å². The molecule has 0 aliphatic rings. The Bertz CT molecular complexity index is 1160. The molecular weight excluding hydrogens is 442 g/mol. The van der Waals surface area contributed by atoms with E-state index in [1.165, 1.54) is 18.9 Å². The van der Waals surface area contributed by atoms with Crippen molar-refractivity contribution in [3.05, 3.63) is 71.0 Å². The Labute approximate surface area is 195 Å². The van der Waals surface area contributed by atoms with Crippen LogP contribution in [0.15, 0.2) is 53.7 Å². The molecule has 172 valence electrons. The first-order chi connectivity index (χ1) is 15.9. The second kappa shape index (κ2) is 11.3. The summed E-state index contributed by atoms with van der Waals surface area (Å²) < 4.78 is 6.55. The summed E-state index contributed by atoms with van der Waals surface area (Å²) in [7, 11) is 1.30. The van der Waals surface area contributed by atoms with Crippen molar-refractivity contribution < 1.29 is 19.1 Å². The quantitative estimate of drug-likeness (QED) is 0.367. The highest BCUT2D eigenvalue weighted by atomic mass is 32.2. The van der Waals surface area contributed by atoms with Gasteiger partial charge in [-0.05, 0) is 44.2 Å². The monoisotopic (exact) mass is 467 g/mol. The molecule has 2 aromatic carbocycles. The van der Waals surface area contributed by atoms with E-state index in [4.69, 9.17) is 4.74 Å². The fourth-order valence-electron chi connectivity index (χ4n) is 3.09. The fourth-order valence-corrected chi connectivity index (χ4v) is 3.91. The minimum atomic E-state index is -0.474. The number of nitrogens with one attached hydrogen (secondary N) is 2. The number of methoxy groups -OCH3 is 1. The maximum Gasteiger partial charge on any atom is 0.337 e. The van der Waals surface area contributed by atoms with Gasteiger partial charge in [0.25, 0.3) is 5.91 Å². The Morgan fingerprint density at radius 2 is 1.82 bits per heavy atom. The van der Waals surface area contributed by atoms with E-state index < -0.39 is 5.97 Å².